The molecule has 0 aliphatic rings. The van der Waals surface area contributed by atoms with E-state index in [4.69, 9.17) is 4.74 Å². The molecule has 0 aromatic heterocycles. The maximum Gasteiger partial charge on any atom is 0.408 e. The molecule has 1 aromatic carbocycles. The summed E-state index contributed by atoms with van der Waals surface area (Å²) < 4.78 is 5.19. The lowest BCUT2D eigenvalue weighted by atomic mass is 10.0. The van der Waals surface area contributed by atoms with Crippen molar-refractivity contribution < 1.29 is 14.6 Å². The van der Waals surface area contributed by atoms with E-state index in [1.807, 2.05) is 34.6 Å². The molecule has 18 heavy (non-hydrogen) atoms. The average Bonchev–Trinajstić information content (AvgIpc) is 2.13. The molecule has 0 spiro atoms. The maximum atomic E-state index is 11.6. The molecule has 0 heterocycles. The van der Waals surface area contributed by atoms with Crippen LogP contribution in [0.1, 0.15) is 44.9 Å². The van der Waals surface area contributed by atoms with Gasteiger partial charge in [-0.3, -0.25) is 0 Å². The zero-order valence-electron chi connectivity index (χ0n) is 11.6. The topological polar surface area (TPSA) is 58.6 Å². The first kappa shape index (κ1) is 14.4. The first-order valence-electron chi connectivity index (χ1n) is 5.98. The summed E-state index contributed by atoms with van der Waals surface area (Å²) in [6.45, 7) is 9.24. The summed E-state index contributed by atoms with van der Waals surface area (Å²) in [6, 6.07) is 4.91. The second-order valence-electron chi connectivity index (χ2n) is 5.41. The average molecular weight is 251 g/mol. The summed E-state index contributed by atoms with van der Waals surface area (Å²) in [7, 11) is 0. The molecule has 0 aliphatic carbocycles. The van der Waals surface area contributed by atoms with Gasteiger partial charge in [0.2, 0.25) is 0 Å². The quantitative estimate of drug-likeness (QED) is 0.848. The fourth-order valence-corrected chi connectivity index (χ4v) is 1.71. The smallest absolute Gasteiger partial charge is 0.408 e. The minimum Gasteiger partial charge on any atom is -0.508 e. The minimum atomic E-state index is -0.506. The normalized spacial score (nSPS) is 12.9. The van der Waals surface area contributed by atoms with E-state index in [-0.39, 0.29) is 11.8 Å². The number of amides is 1. The number of nitrogens with one attached hydrogen (secondary N) is 1. The van der Waals surface area contributed by atoms with Crippen LogP contribution < -0.4 is 5.32 Å². The highest BCUT2D eigenvalue weighted by atomic mass is 16.6. The number of aromatic hydroxyl groups is 1. The summed E-state index contributed by atoms with van der Waals surface area (Å²) in [5, 5.41) is 12.1. The Morgan fingerprint density at radius 1 is 1.39 bits per heavy atom. The summed E-state index contributed by atoms with van der Waals surface area (Å²) in [4.78, 5) is 11.6. The van der Waals surface area contributed by atoms with E-state index >= 15 is 0 Å². The van der Waals surface area contributed by atoms with Gasteiger partial charge in [-0.05, 0) is 57.9 Å². The highest BCUT2D eigenvalue weighted by Gasteiger charge is 2.18. The molecule has 2 N–H and O–H groups in total. The number of hydrogen-bond donors (Lipinski definition) is 2. The van der Waals surface area contributed by atoms with E-state index in [0.717, 1.165) is 11.1 Å². The van der Waals surface area contributed by atoms with Crippen LogP contribution in [0.25, 0.3) is 0 Å². The second kappa shape index (κ2) is 5.29. The molecule has 0 aliphatic heterocycles. The lowest BCUT2D eigenvalue weighted by molar-refractivity contribution is 0.0508. The highest BCUT2D eigenvalue weighted by Crippen LogP contribution is 2.22. The Kier molecular flexibility index (Phi) is 4.22. The summed E-state index contributed by atoms with van der Waals surface area (Å²) >= 11 is 0. The van der Waals surface area contributed by atoms with Gasteiger partial charge in [0.25, 0.3) is 0 Å². The van der Waals surface area contributed by atoms with Crippen molar-refractivity contribution in [2.45, 2.75) is 46.3 Å². The molecule has 0 saturated heterocycles. The molecule has 1 rings (SSSR count). The third-order valence-corrected chi connectivity index (χ3v) is 2.45. The Morgan fingerprint density at radius 3 is 2.50 bits per heavy atom. The molecule has 1 amide bonds. The van der Waals surface area contributed by atoms with Crippen LogP contribution in [-0.4, -0.2) is 16.8 Å². The largest absolute Gasteiger partial charge is 0.508 e. The molecule has 0 fully saturated rings. The van der Waals surface area contributed by atoms with Crippen LogP contribution in [0, 0.1) is 6.92 Å². The van der Waals surface area contributed by atoms with Crippen LogP contribution in [-0.2, 0) is 4.74 Å². The Balaban J connectivity index is 2.71. The summed E-state index contributed by atoms with van der Waals surface area (Å²) in [6.07, 6.45) is -0.442. The molecule has 4 nitrogen and oxygen atoms in total. The molecule has 1 atom stereocenters. The molecular weight excluding hydrogens is 230 g/mol. The van der Waals surface area contributed by atoms with Crippen molar-refractivity contribution in [3.63, 3.8) is 0 Å². The number of ether oxygens (including phenoxy) is 1. The standard InChI is InChI=1S/C14H21NO3/c1-9-8-11(16)6-7-12(9)10(2)15-13(17)18-14(3,4)5/h6-8,10,16H,1-5H3,(H,15,17). The number of alkyl carbamates (subject to hydrolysis) is 1. The number of phenolic OH excluding ortho intramolecular Hbond substituents is 1. The monoisotopic (exact) mass is 251 g/mol. The Bertz CT molecular complexity index is 435. The predicted octanol–water partition coefficient (Wildman–Crippen LogP) is 3.29. The lowest BCUT2D eigenvalue weighted by Crippen LogP contribution is -2.34. The van der Waals surface area contributed by atoms with Crippen molar-refractivity contribution in [3.8, 4) is 5.75 Å². The Hall–Kier alpha value is -1.71. The zero-order valence-corrected chi connectivity index (χ0v) is 11.6. The van der Waals surface area contributed by atoms with Crippen molar-refractivity contribution >= 4 is 6.09 Å². The van der Waals surface area contributed by atoms with E-state index in [1.54, 1.807) is 18.2 Å². The third kappa shape index (κ3) is 4.28. The van der Waals surface area contributed by atoms with E-state index in [0.29, 0.717) is 0 Å². The number of aryl methyl sites for hydroxylation is 1. The van der Waals surface area contributed by atoms with Gasteiger partial charge in [0.05, 0.1) is 6.04 Å². The zero-order chi connectivity index (χ0) is 13.9. The third-order valence-electron chi connectivity index (χ3n) is 2.45. The van der Waals surface area contributed by atoms with E-state index < -0.39 is 11.7 Å². The Morgan fingerprint density at radius 2 is 2.00 bits per heavy atom. The Labute approximate surface area is 108 Å². The number of hydrogen-bond acceptors (Lipinski definition) is 3. The van der Waals surface area contributed by atoms with E-state index in [2.05, 4.69) is 5.32 Å². The van der Waals surface area contributed by atoms with Crippen molar-refractivity contribution in [2.24, 2.45) is 0 Å². The molecule has 100 valence electrons. The first-order valence-corrected chi connectivity index (χ1v) is 5.98. The van der Waals surface area contributed by atoms with Crippen molar-refractivity contribution in [2.75, 3.05) is 0 Å². The van der Waals surface area contributed by atoms with Crippen molar-refractivity contribution in [3.05, 3.63) is 29.3 Å². The van der Waals surface area contributed by atoms with Crippen LogP contribution in [0.4, 0.5) is 4.79 Å². The van der Waals surface area contributed by atoms with Crippen LogP contribution in [0.15, 0.2) is 18.2 Å². The molecule has 0 bridgehead atoms. The molecule has 4 heteroatoms. The van der Waals surface area contributed by atoms with Gasteiger partial charge in [-0.25, -0.2) is 4.79 Å². The molecular formula is C14H21NO3. The molecule has 1 unspecified atom stereocenters. The number of phenols is 1. The van der Waals surface area contributed by atoms with Gasteiger partial charge in [-0.15, -0.1) is 0 Å². The second-order valence-corrected chi connectivity index (χ2v) is 5.41. The lowest BCUT2D eigenvalue weighted by Gasteiger charge is -2.22. The van der Waals surface area contributed by atoms with Crippen molar-refractivity contribution in [1.82, 2.24) is 5.32 Å². The van der Waals surface area contributed by atoms with Gasteiger partial charge in [0.15, 0.2) is 0 Å². The van der Waals surface area contributed by atoms with Crippen LogP contribution in [0.3, 0.4) is 0 Å². The maximum absolute atomic E-state index is 11.6. The summed E-state index contributed by atoms with van der Waals surface area (Å²) in [5.74, 6) is 0.223. The van der Waals surface area contributed by atoms with Gasteiger partial charge < -0.3 is 15.2 Å². The number of carbonyl (C=O) groups excluding carboxylic acids is 1. The SMILES string of the molecule is Cc1cc(O)ccc1C(C)NC(=O)OC(C)(C)C. The van der Waals surface area contributed by atoms with Crippen LogP contribution >= 0.6 is 0 Å². The van der Waals surface area contributed by atoms with E-state index in [9.17, 15) is 9.90 Å². The van der Waals surface area contributed by atoms with Crippen molar-refractivity contribution in [1.29, 1.82) is 0 Å². The molecule has 0 saturated carbocycles. The summed E-state index contributed by atoms with van der Waals surface area (Å²) in [5.41, 5.74) is 1.38. The van der Waals surface area contributed by atoms with Crippen LogP contribution in [0.2, 0.25) is 0 Å². The molecule has 1 aromatic rings. The number of carbonyl (C=O) groups is 1. The van der Waals surface area contributed by atoms with Gasteiger partial charge in [0, 0.05) is 0 Å². The fraction of sp³-hybridized carbons (Fsp3) is 0.500. The molecule has 0 radical (unpaired) electrons. The van der Waals surface area contributed by atoms with E-state index in [1.165, 1.54) is 0 Å². The predicted molar refractivity (Wildman–Crippen MR) is 70.6 cm³/mol. The van der Waals surface area contributed by atoms with Gasteiger partial charge in [0.1, 0.15) is 11.4 Å². The van der Waals surface area contributed by atoms with Gasteiger partial charge in [-0.1, -0.05) is 6.07 Å². The highest BCUT2D eigenvalue weighted by molar-refractivity contribution is 5.68. The van der Waals surface area contributed by atoms with Gasteiger partial charge >= 0.3 is 6.09 Å². The van der Waals surface area contributed by atoms with Crippen LogP contribution in [0.5, 0.6) is 5.75 Å². The van der Waals surface area contributed by atoms with Gasteiger partial charge in [-0.2, -0.15) is 0 Å². The minimum absolute atomic E-state index is 0.166. The fourth-order valence-electron chi connectivity index (χ4n) is 1.71. The first-order chi connectivity index (χ1) is 8.19. The number of benzene rings is 1. The number of rotatable bonds is 2.